The van der Waals surface area contributed by atoms with Gasteiger partial charge in [-0.2, -0.15) is 0 Å². The fourth-order valence-corrected chi connectivity index (χ4v) is 0.687. The molecule has 0 saturated heterocycles. The van der Waals surface area contributed by atoms with Gasteiger partial charge in [0.25, 0.3) is 0 Å². The Labute approximate surface area is 56.1 Å². The molecule has 2 N–H and O–H groups in total. The summed E-state index contributed by atoms with van der Waals surface area (Å²) in [6, 6.07) is 0. The molecule has 1 aliphatic carbocycles. The van der Waals surface area contributed by atoms with Gasteiger partial charge in [-0.1, -0.05) is 0 Å². The van der Waals surface area contributed by atoms with E-state index < -0.39 is 23.9 Å². The topological polar surface area (TPSA) is 40.5 Å². The number of rotatable bonds is 0. The van der Waals surface area contributed by atoms with Crippen LogP contribution in [0.2, 0.25) is 0 Å². The Morgan fingerprint density at radius 2 is 2.00 bits per heavy atom. The first-order valence-corrected chi connectivity index (χ1v) is 2.71. The highest BCUT2D eigenvalue weighted by atomic mass is 19.1. The van der Waals surface area contributed by atoms with E-state index in [-0.39, 0.29) is 0 Å². The van der Waals surface area contributed by atoms with Gasteiger partial charge in [-0.15, -0.1) is 0 Å². The normalized spacial score (nSPS) is 33.1. The summed E-state index contributed by atoms with van der Waals surface area (Å²) in [5.74, 6) is -1.72. The molecule has 0 aromatic rings. The second-order valence-corrected chi connectivity index (χ2v) is 1.99. The minimum absolute atomic E-state index is 0.602. The van der Waals surface area contributed by atoms with Gasteiger partial charge in [-0.25, -0.2) is 8.78 Å². The van der Waals surface area contributed by atoms with E-state index in [1.54, 1.807) is 0 Å². The van der Waals surface area contributed by atoms with Crippen molar-refractivity contribution in [2.45, 2.75) is 12.3 Å². The minimum atomic E-state index is -1.67. The van der Waals surface area contributed by atoms with Crippen molar-refractivity contribution in [3.8, 4) is 0 Å². The lowest BCUT2D eigenvalue weighted by atomic mass is 10.1. The third-order valence-corrected chi connectivity index (χ3v) is 1.19. The Balaban J connectivity index is 2.83. The molecule has 4 heteroatoms. The van der Waals surface area contributed by atoms with Gasteiger partial charge in [0.15, 0.2) is 6.10 Å². The molecule has 0 amide bonds. The lowest BCUT2D eigenvalue weighted by molar-refractivity contribution is 0.151. The van der Waals surface area contributed by atoms with Crippen LogP contribution in [0.3, 0.4) is 0 Å². The standard InChI is InChI=1S/C6H6F2O2/c7-3-1-4(8)6(10)5(9)2-3/h1-3,6,9-10H. The molecular formula is C6H6F2O2. The Hall–Kier alpha value is -0.900. The van der Waals surface area contributed by atoms with Gasteiger partial charge in [-0.3, -0.25) is 0 Å². The van der Waals surface area contributed by atoms with Crippen LogP contribution in [-0.4, -0.2) is 22.5 Å². The van der Waals surface area contributed by atoms with Crippen LogP contribution in [-0.2, 0) is 0 Å². The summed E-state index contributed by atoms with van der Waals surface area (Å²) in [5, 5.41) is 17.2. The fraction of sp³-hybridized carbons (Fsp3) is 0.333. The molecule has 0 aliphatic heterocycles. The van der Waals surface area contributed by atoms with Crippen molar-refractivity contribution in [3.05, 3.63) is 23.7 Å². The zero-order valence-electron chi connectivity index (χ0n) is 4.96. The van der Waals surface area contributed by atoms with Crippen LogP contribution in [0.4, 0.5) is 8.78 Å². The summed E-state index contributed by atoms with van der Waals surface area (Å²) in [7, 11) is 0. The van der Waals surface area contributed by atoms with E-state index in [0.717, 1.165) is 6.08 Å². The molecule has 0 bridgehead atoms. The van der Waals surface area contributed by atoms with Crippen LogP contribution >= 0.6 is 0 Å². The number of alkyl halides is 1. The van der Waals surface area contributed by atoms with Crippen LogP contribution < -0.4 is 0 Å². The molecule has 0 aromatic carbocycles. The monoisotopic (exact) mass is 148 g/mol. The molecule has 2 nitrogen and oxygen atoms in total. The Morgan fingerprint density at radius 3 is 2.50 bits per heavy atom. The van der Waals surface area contributed by atoms with Gasteiger partial charge >= 0.3 is 0 Å². The summed E-state index contributed by atoms with van der Waals surface area (Å²) in [6.07, 6.45) is -1.96. The van der Waals surface area contributed by atoms with E-state index in [0.29, 0.717) is 6.08 Å². The molecule has 1 rings (SSSR count). The predicted octanol–water partition coefficient (Wildman–Crippen LogP) is 0.994. The van der Waals surface area contributed by atoms with Crippen molar-refractivity contribution >= 4 is 0 Å². The highest BCUT2D eigenvalue weighted by molar-refractivity contribution is 5.23. The van der Waals surface area contributed by atoms with Gasteiger partial charge in [0, 0.05) is 0 Å². The van der Waals surface area contributed by atoms with Gasteiger partial charge < -0.3 is 10.2 Å². The second-order valence-electron chi connectivity index (χ2n) is 1.99. The molecule has 0 saturated carbocycles. The largest absolute Gasteiger partial charge is 0.509 e. The first kappa shape index (κ1) is 7.21. The highest BCUT2D eigenvalue weighted by Gasteiger charge is 2.22. The molecule has 0 radical (unpaired) electrons. The third-order valence-electron chi connectivity index (χ3n) is 1.19. The van der Waals surface area contributed by atoms with Gasteiger partial charge in [-0.05, 0) is 12.2 Å². The first-order chi connectivity index (χ1) is 4.61. The van der Waals surface area contributed by atoms with E-state index in [9.17, 15) is 8.78 Å². The number of halogens is 2. The predicted molar refractivity (Wildman–Crippen MR) is 30.8 cm³/mol. The van der Waals surface area contributed by atoms with Crippen molar-refractivity contribution in [3.63, 3.8) is 0 Å². The zero-order chi connectivity index (χ0) is 7.72. The van der Waals surface area contributed by atoms with Crippen LogP contribution in [0.1, 0.15) is 0 Å². The van der Waals surface area contributed by atoms with Crippen molar-refractivity contribution in [1.29, 1.82) is 0 Å². The van der Waals surface area contributed by atoms with Crippen LogP contribution in [0, 0.1) is 0 Å². The fourth-order valence-electron chi connectivity index (χ4n) is 0.687. The summed E-state index contributed by atoms with van der Waals surface area (Å²) >= 11 is 0. The number of hydrogen-bond acceptors (Lipinski definition) is 2. The van der Waals surface area contributed by atoms with Gasteiger partial charge in [0.2, 0.25) is 0 Å². The maximum atomic E-state index is 12.2. The highest BCUT2D eigenvalue weighted by Crippen LogP contribution is 2.19. The van der Waals surface area contributed by atoms with Crippen LogP contribution in [0.25, 0.3) is 0 Å². The number of allylic oxidation sites excluding steroid dienone is 2. The Kier molecular flexibility index (Phi) is 1.72. The molecular weight excluding hydrogens is 142 g/mol. The number of aliphatic hydroxyl groups is 2. The molecule has 1 aliphatic rings. The van der Waals surface area contributed by atoms with E-state index >= 15 is 0 Å². The molecule has 2 unspecified atom stereocenters. The third kappa shape index (κ3) is 1.16. The molecule has 0 fully saturated rings. The summed E-state index contributed by atoms with van der Waals surface area (Å²) < 4.78 is 24.4. The zero-order valence-corrected chi connectivity index (χ0v) is 4.96. The summed E-state index contributed by atoms with van der Waals surface area (Å²) in [5.41, 5.74) is 0. The average Bonchev–Trinajstić information content (AvgIpc) is 1.82. The lowest BCUT2D eigenvalue weighted by Gasteiger charge is -2.12. The van der Waals surface area contributed by atoms with Crippen LogP contribution in [0.5, 0.6) is 0 Å². The molecule has 2 atom stereocenters. The SMILES string of the molecule is OC1=CC(F)C=C(F)C1O. The Bertz CT molecular complexity index is 178. The van der Waals surface area contributed by atoms with Gasteiger partial charge in [0.1, 0.15) is 17.8 Å². The Morgan fingerprint density at radius 1 is 1.40 bits per heavy atom. The number of aliphatic hydroxyl groups excluding tert-OH is 2. The van der Waals surface area contributed by atoms with Gasteiger partial charge in [0.05, 0.1) is 0 Å². The second kappa shape index (κ2) is 2.38. The van der Waals surface area contributed by atoms with E-state index in [4.69, 9.17) is 10.2 Å². The van der Waals surface area contributed by atoms with Crippen LogP contribution in [0.15, 0.2) is 23.7 Å². The molecule has 0 aromatic heterocycles. The van der Waals surface area contributed by atoms with Crippen molar-refractivity contribution in [2.75, 3.05) is 0 Å². The molecule has 0 heterocycles. The first-order valence-electron chi connectivity index (χ1n) is 2.71. The maximum absolute atomic E-state index is 12.2. The van der Waals surface area contributed by atoms with Crippen molar-refractivity contribution in [2.24, 2.45) is 0 Å². The van der Waals surface area contributed by atoms with Crippen molar-refractivity contribution in [1.82, 2.24) is 0 Å². The van der Waals surface area contributed by atoms with Crippen molar-refractivity contribution < 1.29 is 19.0 Å². The summed E-state index contributed by atoms with van der Waals surface area (Å²) in [6.45, 7) is 0. The molecule has 0 spiro atoms. The lowest BCUT2D eigenvalue weighted by Crippen LogP contribution is -2.17. The molecule has 10 heavy (non-hydrogen) atoms. The summed E-state index contributed by atoms with van der Waals surface area (Å²) in [4.78, 5) is 0. The average molecular weight is 148 g/mol. The minimum Gasteiger partial charge on any atom is -0.509 e. The maximum Gasteiger partial charge on any atom is 0.161 e. The van der Waals surface area contributed by atoms with E-state index in [2.05, 4.69) is 0 Å². The van der Waals surface area contributed by atoms with E-state index in [1.165, 1.54) is 0 Å². The number of hydrogen-bond donors (Lipinski definition) is 2. The quantitative estimate of drug-likeness (QED) is 0.537. The van der Waals surface area contributed by atoms with E-state index in [1.807, 2.05) is 0 Å². The smallest absolute Gasteiger partial charge is 0.161 e. The molecule has 56 valence electrons.